The van der Waals surface area contributed by atoms with E-state index in [1.54, 1.807) is 11.7 Å². The van der Waals surface area contributed by atoms with Crippen LogP contribution in [0.3, 0.4) is 0 Å². The minimum absolute atomic E-state index is 0.0316. The third-order valence-electron chi connectivity index (χ3n) is 6.27. The molecule has 11 heteroatoms. The Labute approximate surface area is 187 Å². The van der Waals surface area contributed by atoms with Crippen molar-refractivity contribution in [3.05, 3.63) is 0 Å². The Morgan fingerprint density at radius 2 is 1.39 bits per heavy atom. The summed E-state index contributed by atoms with van der Waals surface area (Å²) in [5.74, 6) is -0.686. The van der Waals surface area contributed by atoms with Gasteiger partial charge >= 0.3 is 14.0 Å². The molecular formula is C20H42B2N4O5. The molecule has 2 heterocycles. The van der Waals surface area contributed by atoms with E-state index in [4.69, 9.17) is 21.5 Å². The number of hydrogen-bond donors (Lipinski definition) is 5. The lowest BCUT2D eigenvalue weighted by Gasteiger charge is -2.33. The van der Waals surface area contributed by atoms with Crippen LogP contribution in [0.25, 0.3) is 0 Å². The van der Waals surface area contributed by atoms with E-state index in [1.165, 1.54) is 4.90 Å². The molecule has 7 N–H and O–H groups in total. The first-order valence-electron chi connectivity index (χ1n) is 11.4. The molecule has 0 bridgehead atoms. The highest BCUT2D eigenvalue weighted by atomic mass is 16.4. The summed E-state index contributed by atoms with van der Waals surface area (Å²) in [6.07, 6.45) is 3.27. The van der Waals surface area contributed by atoms with Gasteiger partial charge in [0.15, 0.2) is 0 Å². The Balaban J connectivity index is 0.000000311. The number of amides is 2. The molecule has 0 aromatic rings. The second kappa shape index (κ2) is 11.7. The number of nitrogens with zero attached hydrogens (tertiary/aromatic N) is 2. The summed E-state index contributed by atoms with van der Waals surface area (Å²) in [7, 11) is -1.46. The van der Waals surface area contributed by atoms with Gasteiger partial charge in [-0.3, -0.25) is 9.59 Å². The average molecular weight is 440 g/mol. The number of rotatable bonds is 5. The third kappa shape index (κ3) is 7.46. The second-order valence-electron chi connectivity index (χ2n) is 10.3. The first-order chi connectivity index (χ1) is 14.2. The minimum atomic E-state index is -1.46. The maximum atomic E-state index is 12.2. The van der Waals surface area contributed by atoms with Gasteiger partial charge in [0.2, 0.25) is 11.8 Å². The molecule has 2 amide bonds. The molecule has 2 fully saturated rings. The first kappa shape index (κ1) is 27.9. The van der Waals surface area contributed by atoms with Crippen LogP contribution in [0.15, 0.2) is 0 Å². The Bertz CT molecular complexity index is 601. The average Bonchev–Trinajstić information content (AvgIpc) is 3.34. The topological polar surface area (TPSA) is 153 Å². The molecule has 4 atom stereocenters. The normalized spacial score (nSPS) is 23.4. The van der Waals surface area contributed by atoms with Crippen LogP contribution in [-0.2, 0) is 9.59 Å². The summed E-state index contributed by atoms with van der Waals surface area (Å²) < 4.78 is 0. The molecule has 2 saturated heterocycles. The van der Waals surface area contributed by atoms with E-state index in [-0.39, 0.29) is 29.1 Å². The first-order valence-corrected chi connectivity index (χ1v) is 11.4. The molecule has 2 aliphatic heterocycles. The quantitative estimate of drug-likeness (QED) is 0.361. The molecule has 9 nitrogen and oxygen atoms in total. The van der Waals surface area contributed by atoms with Crippen LogP contribution in [0.4, 0.5) is 0 Å². The Morgan fingerprint density at radius 3 is 1.77 bits per heavy atom. The highest BCUT2D eigenvalue weighted by Crippen LogP contribution is 2.25. The third-order valence-corrected chi connectivity index (χ3v) is 6.27. The van der Waals surface area contributed by atoms with Crippen LogP contribution < -0.4 is 11.5 Å². The highest BCUT2D eigenvalue weighted by Gasteiger charge is 2.40. The molecule has 178 valence electrons. The van der Waals surface area contributed by atoms with E-state index in [2.05, 4.69) is 0 Å². The van der Waals surface area contributed by atoms with Gasteiger partial charge in [-0.1, -0.05) is 41.4 Å². The molecular weight excluding hydrogens is 398 g/mol. The number of likely N-dealkylation sites (tertiary alicyclic amines) is 2. The fourth-order valence-corrected chi connectivity index (χ4v) is 3.97. The van der Waals surface area contributed by atoms with Crippen molar-refractivity contribution in [2.75, 3.05) is 13.1 Å². The van der Waals surface area contributed by atoms with E-state index in [1.807, 2.05) is 34.6 Å². The Morgan fingerprint density at radius 1 is 0.935 bits per heavy atom. The second-order valence-corrected chi connectivity index (χ2v) is 10.3. The van der Waals surface area contributed by atoms with Crippen LogP contribution in [0.5, 0.6) is 0 Å². The fraction of sp³-hybridized carbons (Fsp3) is 0.900. The van der Waals surface area contributed by atoms with Gasteiger partial charge in [0, 0.05) is 19.0 Å². The maximum absolute atomic E-state index is 12.2. The lowest BCUT2D eigenvalue weighted by atomic mass is 9.62. The van der Waals surface area contributed by atoms with Gasteiger partial charge < -0.3 is 36.3 Å². The van der Waals surface area contributed by atoms with Crippen molar-refractivity contribution in [2.24, 2.45) is 22.8 Å². The van der Waals surface area contributed by atoms with Gasteiger partial charge in [0.25, 0.3) is 0 Å². The molecule has 0 aromatic carbocycles. The van der Waals surface area contributed by atoms with Crippen molar-refractivity contribution >= 4 is 25.8 Å². The largest absolute Gasteiger partial charge is 0.475 e. The van der Waals surface area contributed by atoms with Crippen molar-refractivity contribution in [3.8, 4) is 0 Å². The molecule has 0 aromatic heterocycles. The van der Waals surface area contributed by atoms with Crippen LogP contribution in [0.1, 0.15) is 60.3 Å². The van der Waals surface area contributed by atoms with Gasteiger partial charge in [0.1, 0.15) is 0 Å². The van der Waals surface area contributed by atoms with Gasteiger partial charge in [-0.25, -0.2) is 0 Å². The summed E-state index contributed by atoms with van der Waals surface area (Å²) in [5, 5.41) is 27.8. The molecule has 0 aliphatic carbocycles. The van der Waals surface area contributed by atoms with Crippen LogP contribution in [-0.4, -0.2) is 87.8 Å². The standard InChI is InChI=1S/C11H23BN2O2.C9H19BN2O3/c1-11(2,3)9(13)10(15)14-7-5-6-8(14)12(4)16;1-6(2)8(11)9(13)12-5-3-4-7(12)10(14)15/h8-9,16H,5-7,13H2,1-4H3;6-8,14-15H,3-5,11H2,1-2H3/t8-,9+;7-,8-/m00/s1. The number of carbonyl (C=O) groups is 2. The molecule has 0 radical (unpaired) electrons. The van der Waals surface area contributed by atoms with Crippen LogP contribution in [0, 0.1) is 11.3 Å². The molecule has 2 rings (SSSR count). The van der Waals surface area contributed by atoms with E-state index in [0.717, 1.165) is 25.8 Å². The predicted octanol–water partition coefficient (Wildman–Crippen LogP) is -0.524. The summed E-state index contributed by atoms with van der Waals surface area (Å²) >= 11 is 0. The van der Waals surface area contributed by atoms with Crippen molar-refractivity contribution in [1.82, 2.24) is 9.80 Å². The monoisotopic (exact) mass is 440 g/mol. The SMILES string of the molecule is CB(O)[C@@H]1CCCN1C(=O)[C@@H](N)C(C)(C)C.CC(C)[C@H](N)C(=O)N1CCC[C@H]1B(O)O. The molecule has 0 spiro atoms. The summed E-state index contributed by atoms with van der Waals surface area (Å²) in [5.41, 5.74) is 11.5. The zero-order valence-electron chi connectivity index (χ0n) is 20.0. The van der Waals surface area contributed by atoms with Gasteiger partial charge in [-0.2, -0.15) is 0 Å². The van der Waals surface area contributed by atoms with Crippen molar-refractivity contribution in [2.45, 2.75) is 91.1 Å². The van der Waals surface area contributed by atoms with E-state index in [9.17, 15) is 14.6 Å². The molecule has 31 heavy (non-hydrogen) atoms. The zero-order valence-corrected chi connectivity index (χ0v) is 20.0. The Kier molecular flexibility index (Phi) is 10.5. The van der Waals surface area contributed by atoms with Gasteiger partial charge in [0.05, 0.1) is 18.0 Å². The molecule has 0 unspecified atom stereocenters. The van der Waals surface area contributed by atoms with Crippen LogP contribution in [0.2, 0.25) is 6.82 Å². The summed E-state index contributed by atoms with van der Waals surface area (Å²) in [6, 6.07) is -1.05. The summed E-state index contributed by atoms with van der Waals surface area (Å²) in [6.45, 7) is 12.2. The predicted molar refractivity (Wildman–Crippen MR) is 124 cm³/mol. The number of nitrogens with two attached hydrogens (primary N) is 2. The van der Waals surface area contributed by atoms with Crippen LogP contribution >= 0.6 is 0 Å². The summed E-state index contributed by atoms with van der Waals surface area (Å²) in [4.78, 5) is 27.3. The fourth-order valence-electron chi connectivity index (χ4n) is 3.97. The van der Waals surface area contributed by atoms with Gasteiger partial charge in [-0.05, 0) is 37.0 Å². The highest BCUT2D eigenvalue weighted by molar-refractivity contribution is 6.51. The van der Waals surface area contributed by atoms with Crippen molar-refractivity contribution in [3.63, 3.8) is 0 Å². The number of hydrogen-bond acceptors (Lipinski definition) is 7. The molecule has 0 saturated carbocycles. The lowest BCUT2D eigenvalue weighted by Crippen LogP contribution is -2.54. The zero-order chi connectivity index (χ0) is 24.1. The van der Waals surface area contributed by atoms with Gasteiger partial charge in [-0.15, -0.1) is 0 Å². The smallest absolute Gasteiger partial charge is 0.449 e. The minimum Gasteiger partial charge on any atom is -0.449 e. The van der Waals surface area contributed by atoms with E-state index >= 15 is 0 Å². The number of carbonyl (C=O) groups excluding carboxylic acids is 2. The maximum Gasteiger partial charge on any atom is 0.475 e. The van der Waals surface area contributed by atoms with E-state index < -0.39 is 32.1 Å². The van der Waals surface area contributed by atoms with E-state index in [0.29, 0.717) is 13.0 Å². The Hall–Kier alpha value is -1.13. The molecule has 2 aliphatic rings. The van der Waals surface area contributed by atoms with Crippen molar-refractivity contribution < 1.29 is 24.7 Å². The van der Waals surface area contributed by atoms with Crippen molar-refractivity contribution in [1.29, 1.82) is 0 Å². The lowest BCUT2D eigenvalue weighted by molar-refractivity contribution is -0.135.